The molecule has 0 spiro atoms. The van der Waals surface area contributed by atoms with Gasteiger partial charge in [-0.25, -0.2) is 0 Å². The minimum Gasteiger partial charge on any atom is -0.347 e. The van der Waals surface area contributed by atoms with Crippen LogP contribution in [0.5, 0.6) is 0 Å². The number of carbonyl (C=O) groups is 1. The molecule has 0 heterocycles. The van der Waals surface area contributed by atoms with Crippen molar-refractivity contribution in [1.82, 2.24) is 5.32 Å². The van der Waals surface area contributed by atoms with E-state index in [1.807, 2.05) is 57.2 Å². The zero-order chi connectivity index (χ0) is 15.0. The van der Waals surface area contributed by atoms with Gasteiger partial charge < -0.3 is 5.32 Å². The van der Waals surface area contributed by atoms with E-state index in [0.29, 0.717) is 0 Å². The Morgan fingerprint density at radius 2 is 1.33 bits per heavy atom. The summed E-state index contributed by atoms with van der Waals surface area (Å²) in [5.41, 5.74) is 0.508. The fourth-order valence-corrected chi connectivity index (χ4v) is 2.66. The summed E-state index contributed by atoms with van der Waals surface area (Å²) in [5.74, 6) is -0.0181. The molecule has 0 atom stereocenters. The van der Waals surface area contributed by atoms with Crippen LogP contribution in [-0.2, 0) is 0 Å². The molecule has 2 nitrogen and oxygen atoms in total. The van der Waals surface area contributed by atoms with E-state index in [2.05, 4.69) is 23.5 Å². The molecule has 0 fully saturated rings. The van der Waals surface area contributed by atoms with E-state index in [0.717, 1.165) is 27.1 Å². The van der Waals surface area contributed by atoms with Gasteiger partial charge in [0.2, 0.25) is 0 Å². The quantitative estimate of drug-likeness (QED) is 0.651. The lowest BCUT2D eigenvalue weighted by Gasteiger charge is -2.22. The normalized spacial score (nSPS) is 11.8. The standard InChI is InChI=1S/C19H19NO/c1-19(2,3)20-18(21)17-15-10-6-4-8-13(15)12-14-9-5-7-11-16(14)17/h4-12H,1-3H3,(H,20,21). The molecular weight excluding hydrogens is 258 g/mol. The molecule has 0 aliphatic rings. The van der Waals surface area contributed by atoms with Crippen LogP contribution in [0.15, 0.2) is 54.6 Å². The summed E-state index contributed by atoms with van der Waals surface area (Å²) < 4.78 is 0. The molecule has 0 aliphatic carbocycles. The predicted molar refractivity (Wildman–Crippen MR) is 88.7 cm³/mol. The summed E-state index contributed by atoms with van der Waals surface area (Å²) in [4.78, 5) is 12.8. The highest BCUT2D eigenvalue weighted by molar-refractivity contribution is 6.18. The van der Waals surface area contributed by atoms with Crippen molar-refractivity contribution in [2.45, 2.75) is 26.3 Å². The second-order valence-electron chi connectivity index (χ2n) is 6.40. The summed E-state index contributed by atoms with van der Waals surface area (Å²) in [6.45, 7) is 5.99. The summed E-state index contributed by atoms with van der Waals surface area (Å²) in [7, 11) is 0. The van der Waals surface area contributed by atoms with Crippen LogP contribution >= 0.6 is 0 Å². The van der Waals surface area contributed by atoms with Gasteiger partial charge in [0.05, 0.1) is 5.56 Å². The molecular formula is C19H19NO. The van der Waals surface area contributed by atoms with Crippen molar-refractivity contribution in [3.8, 4) is 0 Å². The highest BCUT2D eigenvalue weighted by Crippen LogP contribution is 2.28. The van der Waals surface area contributed by atoms with Crippen molar-refractivity contribution in [2.24, 2.45) is 0 Å². The lowest BCUT2D eigenvalue weighted by atomic mass is 9.95. The fourth-order valence-electron chi connectivity index (χ4n) is 2.66. The fraction of sp³-hybridized carbons (Fsp3) is 0.211. The van der Waals surface area contributed by atoms with Gasteiger partial charge in [-0.3, -0.25) is 4.79 Å². The zero-order valence-electron chi connectivity index (χ0n) is 12.6. The first kappa shape index (κ1) is 13.6. The molecule has 2 heteroatoms. The molecule has 1 amide bonds. The molecule has 0 saturated heterocycles. The van der Waals surface area contributed by atoms with Crippen LogP contribution in [-0.4, -0.2) is 11.4 Å². The number of carbonyl (C=O) groups excluding carboxylic acids is 1. The average Bonchev–Trinajstić information content (AvgIpc) is 2.42. The minimum atomic E-state index is -0.255. The molecule has 3 aromatic rings. The summed E-state index contributed by atoms with van der Waals surface area (Å²) in [5, 5.41) is 7.26. The Bertz CT molecular complexity index is 774. The lowest BCUT2D eigenvalue weighted by molar-refractivity contribution is 0.0923. The smallest absolute Gasteiger partial charge is 0.252 e. The SMILES string of the molecule is CC(C)(C)NC(=O)c1c2ccccc2cc2ccccc12. The lowest BCUT2D eigenvalue weighted by Crippen LogP contribution is -2.40. The Hall–Kier alpha value is -2.35. The van der Waals surface area contributed by atoms with Crippen LogP contribution in [0.1, 0.15) is 31.1 Å². The van der Waals surface area contributed by atoms with Crippen LogP contribution in [0, 0.1) is 0 Å². The third-order valence-electron chi connectivity index (χ3n) is 3.49. The van der Waals surface area contributed by atoms with Gasteiger partial charge in [0.15, 0.2) is 0 Å². The van der Waals surface area contributed by atoms with Gasteiger partial charge in [-0.2, -0.15) is 0 Å². The van der Waals surface area contributed by atoms with E-state index in [4.69, 9.17) is 0 Å². The summed E-state index contributed by atoms with van der Waals surface area (Å²) in [6, 6.07) is 18.2. The van der Waals surface area contributed by atoms with Crippen molar-refractivity contribution < 1.29 is 4.79 Å². The van der Waals surface area contributed by atoms with Crippen molar-refractivity contribution in [3.63, 3.8) is 0 Å². The molecule has 0 aliphatic heterocycles. The predicted octanol–water partition coefficient (Wildman–Crippen LogP) is 4.52. The van der Waals surface area contributed by atoms with Gasteiger partial charge >= 0.3 is 0 Å². The summed E-state index contributed by atoms with van der Waals surface area (Å²) in [6.07, 6.45) is 0. The Morgan fingerprint density at radius 3 is 1.81 bits per heavy atom. The largest absolute Gasteiger partial charge is 0.347 e. The van der Waals surface area contributed by atoms with E-state index >= 15 is 0 Å². The number of amides is 1. The average molecular weight is 277 g/mol. The van der Waals surface area contributed by atoms with Crippen LogP contribution in [0.4, 0.5) is 0 Å². The van der Waals surface area contributed by atoms with E-state index in [9.17, 15) is 4.79 Å². The Morgan fingerprint density at radius 1 is 0.857 bits per heavy atom. The van der Waals surface area contributed by atoms with Crippen molar-refractivity contribution in [3.05, 3.63) is 60.2 Å². The maximum atomic E-state index is 12.8. The molecule has 0 saturated carbocycles. The number of benzene rings is 3. The van der Waals surface area contributed by atoms with Crippen LogP contribution in [0.25, 0.3) is 21.5 Å². The Kier molecular flexibility index (Phi) is 3.17. The molecule has 106 valence electrons. The molecule has 3 rings (SSSR count). The molecule has 1 N–H and O–H groups in total. The van der Waals surface area contributed by atoms with Gasteiger partial charge in [0, 0.05) is 5.54 Å². The molecule has 21 heavy (non-hydrogen) atoms. The van der Waals surface area contributed by atoms with Crippen molar-refractivity contribution >= 4 is 27.5 Å². The zero-order valence-corrected chi connectivity index (χ0v) is 12.6. The van der Waals surface area contributed by atoms with E-state index < -0.39 is 0 Å². The maximum absolute atomic E-state index is 12.8. The van der Waals surface area contributed by atoms with Gasteiger partial charge in [0.25, 0.3) is 5.91 Å². The second kappa shape index (κ2) is 4.88. The molecule has 0 bridgehead atoms. The Labute approximate surface area is 124 Å². The first-order valence-electron chi connectivity index (χ1n) is 7.19. The van der Waals surface area contributed by atoms with Crippen LogP contribution in [0.3, 0.4) is 0 Å². The van der Waals surface area contributed by atoms with Crippen LogP contribution in [0.2, 0.25) is 0 Å². The second-order valence-corrected chi connectivity index (χ2v) is 6.40. The van der Waals surface area contributed by atoms with Gasteiger partial charge in [0.1, 0.15) is 0 Å². The van der Waals surface area contributed by atoms with Crippen LogP contribution < -0.4 is 5.32 Å². The number of nitrogens with one attached hydrogen (secondary N) is 1. The number of fused-ring (bicyclic) bond motifs is 2. The molecule has 0 radical (unpaired) electrons. The Balaban J connectivity index is 2.32. The monoisotopic (exact) mass is 277 g/mol. The highest BCUT2D eigenvalue weighted by atomic mass is 16.1. The maximum Gasteiger partial charge on any atom is 0.252 e. The highest BCUT2D eigenvalue weighted by Gasteiger charge is 2.19. The van der Waals surface area contributed by atoms with E-state index in [-0.39, 0.29) is 11.4 Å². The molecule has 0 aromatic heterocycles. The molecule has 0 unspecified atom stereocenters. The van der Waals surface area contributed by atoms with Crippen molar-refractivity contribution in [2.75, 3.05) is 0 Å². The number of hydrogen-bond acceptors (Lipinski definition) is 1. The first-order chi connectivity index (χ1) is 9.96. The minimum absolute atomic E-state index is 0.0181. The van der Waals surface area contributed by atoms with Crippen molar-refractivity contribution in [1.29, 1.82) is 0 Å². The van der Waals surface area contributed by atoms with Gasteiger partial charge in [-0.05, 0) is 48.4 Å². The van der Waals surface area contributed by atoms with E-state index in [1.54, 1.807) is 0 Å². The summed E-state index contributed by atoms with van der Waals surface area (Å²) >= 11 is 0. The number of hydrogen-bond donors (Lipinski definition) is 1. The third-order valence-corrected chi connectivity index (χ3v) is 3.49. The molecule has 3 aromatic carbocycles. The van der Waals surface area contributed by atoms with Gasteiger partial charge in [-0.15, -0.1) is 0 Å². The third kappa shape index (κ3) is 2.62. The topological polar surface area (TPSA) is 29.1 Å². The number of rotatable bonds is 1. The van der Waals surface area contributed by atoms with E-state index in [1.165, 1.54) is 0 Å². The first-order valence-corrected chi connectivity index (χ1v) is 7.19. The van der Waals surface area contributed by atoms with Gasteiger partial charge in [-0.1, -0.05) is 48.5 Å².